The molecule has 1 heterocycles. The van der Waals surface area contributed by atoms with Crippen LogP contribution in [0.3, 0.4) is 0 Å². The third-order valence-corrected chi connectivity index (χ3v) is 3.15. The van der Waals surface area contributed by atoms with Crippen molar-refractivity contribution in [1.82, 2.24) is 4.90 Å². The lowest BCUT2D eigenvalue weighted by Crippen LogP contribution is -2.21. The summed E-state index contributed by atoms with van der Waals surface area (Å²) in [6.07, 6.45) is -4.85. The molecular formula is C12H10F5NO2. The molecule has 0 fully saturated rings. The number of hydrogen-bond donors (Lipinski definition) is 1. The van der Waals surface area contributed by atoms with Gasteiger partial charge in [0.05, 0.1) is 5.56 Å². The Kier molecular flexibility index (Phi) is 3.24. The molecule has 1 aliphatic rings. The highest BCUT2D eigenvalue weighted by atomic mass is 19.4. The molecule has 110 valence electrons. The quantitative estimate of drug-likeness (QED) is 0.851. The van der Waals surface area contributed by atoms with Crippen molar-refractivity contribution >= 4 is 5.91 Å². The standard InChI is InChI=1S/C12H10F5NO2/c1-18-4-8-7(10(18)20)2-6(11(13,14)5-19)3-9(8)12(15,16)17/h2-3,19H,4-5H2,1H3. The number of rotatable bonds is 2. The first-order valence-corrected chi connectivity index (χ1v) is 5.56. The number of fused-ring (bicyclic) bond motifs is 1. The number of hydrogen-bond acceptors (Lipinski definition) is 2. The van der Waals surface area contributed by atoms with Crippen molar-refractivity contribution < 1.29 is 31.9 Å². The van der Waals surface area contributed by atoms with Crippen molar-refractivity contribution in [2.75, 3.05) is 13.7 Å². The van der Waals surface area contributed by atoms with Crippen LogP contribution in [0.4, 0.5) is 22.0 Å². The van der Waals surface area contributed by atoms with Gasteiger partial charge in [0.1, 0.15) is 6.61 Å². The van der Waals surface area contributed by atoms with E-state index in [0.29, 0.717) is 12.1 Å². The van der Waals surface area contributed by atoms with E-state index in [2.05, 4.69) is 0 Å². The Balaban J connectivity index is 2.70. The maximum absolute atomic E-state index is 13.4. The average Bonchev–Trinajstić information content (AvgIpc) is 2.63. The number of aliphatic hydroxyl groups is 1. The van der Waals surface area contributed by atoms with Gasteiger partial charge in [0.25, 0.3) is 11.8 Å². The predicted octanol–water partition coefficient (Wildman–Crippen LogP) is 2.38. The lowest BCUT2D eigenvalue weighted by Gasteiger charge is -2.18. The molecule has 0 atom stereocenters. The number of halogens is 5. The molecule has 0 saturated heterocycles. The molecule has 8 heteroatoms. The van der Waals surface area contributed by atoms with Gasteiger partial charge in [-0.1, -0.05) is 0 Å². The Labute approximate surface area is 110 Å². The highest BCUT2D eigenvalue weighted by Gasteiger charge is 2.42. The SMILES string of the molecule is CN1Cc2c(cc(C(F)(F)CO)cc2C(F)(F)F)C1=O. The van der Waals surface area contributed by atoms with Gasteiger partial charge in [-0.3, -0.25) is 4.79 Å². The monoisotopic (exact) mass is 295 g/mol. The molecule has 3 nitrogen and oxygen atoms in total. The van der Waals surface area contributed by atoms with Gasteiger partial charge in [0, 0.05) is 24.7 Å². The largest absolute Gasteiger partial charge is 0.416 e. The van der Waals surface area contributed by atoms with E-state index in [1.807, 2.05) is 0 Å². The van der Waals surface area contributed by atoms with Crippen LogP contribution in [0, 0.1) is 0 Å². The second-order valence-electron chi connectivity index (χ2n) is 4.57. The fourth-order valence-electron chi connectivity index (χ4n) is 2.10. The van der Waals surface area contributed by atoms with Gasteiger partial charge in [-0.25, -0.2) is 0 Å². The first-order chi connectivity index (χ1) is 9.08. The molecule has 0 aliphatic carbocycles. The normalized spacial score (nSPS) is 15.8. The third kappa shape index (κ3) is 2.24. The Morgan fingerprint density at radius 2 is 1.85 bits per heavy atom. The number of nitrogens with zero attached hydrogens (tertiary/aromatic N) is 1. The van der Waals surface area contributed by atoms with Crippen molar-refractivity contribution in [2.45, 2.75) is 18.6 Å². The van der Waals surface area contributed by atoms with E-state index < -0.39 is 41.3 Å². The van der Waals surface area contributed by atoms with Crippen molar-refractivity contribution in [3.63, 3.8) is 0 Å². The molecule has 1 aromatic rings. The van der Waals surface area contributed by atoms with Gasteiger partial charge in [-0.05, 0) is 17.7 Å². The van der Waals surface area contributed by atoms with E-state index in [0.717, 1.165) is 4.90 Å². The zero-order chi connectivity index (χ0) is 15.3. The number of benzene rings is 1. The lowest BCUT2D eigenvalue weighted by molar-refractivity contribution is -0.138. The van der Waals surface area contributed by atoms with E-state index in [1.54, 1.807) is 0 Å². The maximum Gasteiger partial charge on any atom is 0.416 e. The molecule has 0 radical (unpaired) electrons. The summed E-state index contributed by atoms with van der Waals surface area (Å²) in [4.78, 5) is 12.7. The predicted molar refractivity (Wildman–Crippen MR) is 58.2 cm³/mol. The van der Waals surface area contributed by atoms with Gasteiger partial charge < -0.3 is 10.0 Å². The molecule has 20 heavy (non-hydrogen) atoms. The molecule has 0 aromatic heterocycles. The van der Waals surface area contributed by atoms with Crippen LogP contribution in [0.1, 0.15) is 27.0 Å². The topological polar surface area (TPSA) is 40.5 Å². The summed E-state index contributed by atoms with van der Waals surface area (Å²) in [6.45, 7) is -1.92. The van der Waals surface area contributed by atoms with Crippen LogP contribution < -0.4 is 0 Å². The second-order valence-corrected chi connectivity index (χ2v) is 4.57. The number of aliphatic hydroxyl groups excluding tert-OH is 1. The number of carbonyl (C=O) groups excluding carboxylic acids is 1. The van der Waals surface area contributed by atoms with Gasteiger partial charge in [0.2, 0.25) is 0 Å². The van der Waals surface area contributed by atoms with E-state index in [1.165, 1.54) is 7.05 Å². The van der Waals surface area contributed by atoms with Crippen LogP contribution in [0.5, 0.6) is 0 Å². The van der Waals surface area contributed by atoms with Gasteiger partial charge in [-0.15, -0.1) is 0 Å². The Bertz CT molecular complexity index is 568. The average molecular weight is 295 g/mol. The third-order valence-electron chi connectivity index (χ3n) is 3.15. The zero-order valence-corrected chi connectivity index (χ0v) is 10.3. The van der Waals surface area contributed by atoms with E-state index >= 15 is 0 Å². The van der Waals surface area contributed by atoms with E-state index in [-0.39, 0.29) is 12.1 Å². The highest BCUT2D eigenvalue weighted by molar-refractivity contribution is 5.98. The van der Waals surface area contributed by atoms with Crippen molar-refractivity contribution in [2.24, 2.45) is 0 Å². The second kappa shape index (κ2) is 4.41. The Morgan fingerprint density at radius 3 is 2.35 bits per heavy atom. The molecule has 1 aliphatic heterocycles. The van der Waals surface area contributed by atoms with Crippen molar-refractivity contribution in [3.8, 4) is 0 Å². The van der Waals surface area contributed by atoms with Crippen LogP contribution in [0.25, 0.3) is 0 Å². The van der Waals surface area contributed by atoms with Gasteiger partial charge >= 0.3 is 6.18 Å². The molecule has 0 bridgehead atoms. The van der Waals surface area contributed by atoms with Crippen LogP contribution in [0.2, 0.25) is 0 Å². The van der Waals surface area contributed by atoms with Gasteiger partial charge in [0.15, 0.2) is 0 Å². The molecule has 1 amide bonds. The van der Waals surface area contributed by atoms with Crippen LogP contribution >= 0.6 is 0 Å². The highest BCUT2D eigenvalue weighted by Crippen LogP contribution is 2.40. The minimum atomic E-state index is -4.85. The molecule has 0 spiro atoms. The number of alkyl halides is 5. The lowest BCUT2D eigenvalue weighted by atomic mass is 9.96. The number of carbonyl (C=O) groups is 1. The minimum absolute atomic E-state index is 0.284. The summed E-state index contributed by atoms with van der Waals surface area (Å²) < 4.78 is 65.6. The van der Waals surface area contributed by atoms with Crippen LogP contribution in [-0.2, 0) is 18.6 Å². The summed E-state index contributed by atoms with van der Waals surface area (Å²) in [5, 5.41) is 8.58. The summed E-state index contributed by atoms with van der Waals surface area (Å²) in [5.74, 6) is -4.59. The molecular weight excluding hydrogens is 285 g/mol. The fraction of sp³-hybridized carbons (Fsp3) is 0.417. The molecule has 1 aromatic carbocycles. The smallest absolute Gasteiger partial charge is 0.390 e. The summed E-state index contributed by atoms with van der Waals surface area (Å²) in [5.41, 5.74) is -3.00. The fourth-order valence-corrected chi connectivity index (χ4v) is 2.10. The van der Waals surface area contributed by atoms with Gasteiger partial charge in [-0.2, -0.15) is 22.0 Å². The van der Waals surface area contributed by atoms with E-state index in [9.17, 15) is 26.7 Å². The summed E-state index contributed by atoms with van der Waals surface area (Å²) in [6, 6.07) is 1.01. The first kappa shape index (κ1) is 14.7. The molecule has 0 unspecified atom stereocenters. The van der Waals surface area contributed by atoms with Crippen LogP contribution in [-0.4, -0.2) is 29.6 Å². The Hall–Kier alpha value is -1.70. The summed E-state index contributed by atoms with van der Waals surface area (Å²) >= 11 is 0. The summed E-state index contributed by atoms with van der Waals surface area (Å²) in [7, 11) is 1.28. The van der Waals surface area contributed by atoms with Crippen molar-refractivity contribution in [3.05, 3.63) is 34.4 Å². The zero-order valence-electron chi connectivity index (χ0n) is 10.3. The maximum atomic E-state index is 13.4. The number of amides is 1. The molecule has 0 saturated carbocycles. The Morgan fingerprint density at radius 1 is 1.25 bits per heavy atom. The molecule has 1 N–H and O–H groups in total. The van der Waals surface area contributed by atoms with Crippen molar-refractivity contribution in [1.29, 1.82) is 0 Å². The van der Waals surface area contributed by atoms with Crippen LogP contribution in [0.15, 0.2) is 12.1 Å². The first-order valence-electron chi connectivity index (χ1n) is 5.56. The van der Waals surface area contributed by atoms with E-state index in [4.69, 9.17) is 5.11 Å². The minimum Gasteiger partial charge on any atom is -0.390 e. The molecule has 2 rings (SSSR count).